The lowest BCUT2D eigenvalue weighted by molar-refractivity contribution is 0.297. The van der Waals surface area contributed by atoms with Crippen molar-refractivity contribution in [1.29, 1.82) is 0 Å². The molecule has 0 bridgehead atoms. The van der Waals surface area contributed by atoms with Crippen LogP contribution in [0.15, 0.2) is 23.2 Å². The SMILES string of the molecule is CCNC(=NCc1ccc(OC)cc1OC)NCCCCN(CC)CC.I. The van der Waals surface area contributed by atoms with Crippen molar-refractivity contribution in [3.05, 3.63) is 23.8 Å². The second kappa shape index (κ2) is 15.8. The highest BCUT2D eigenvalue weighted by Crippen LogP contribution is 2.25. The first-order chi connectivity index (χ1) is 12.7. The smallest absolute Gasteiger partial charge is 0.191 e. The van der Waals surface area contributed by atoms with Crippen LogP contribution in [0.4, 0.5) is 0 Å². The number of rotatable bonds is 12. The van der Waals surface area contributed by atoms with Crippen molar-refractivity contribution in [3.8, 4) is 11.5 Å². The molecule has 6 nitrogen and oxygen atoms in total. The Hall–Kier alpha value is -1.22. The van der Waals surface area contributed by atoms with Crippen LogP contribution in [0.25, 0.3) is 0 Å². The van der Waals surface area contributed by atoms with Crippen LogP contribution in [-0.2, 0) is 6.54 Å². The first kappa shape index (κ1) is 25.8. The molecule has 2 N–H and O–H groups in total. The Morgan fingerprint density at radius 1 is 1.04 bits per heavy atom. The van der Waals surface area contributed by atoms with Gasteiger partial charge in [-0.2, -0.15) is 0 Å². The maximum absolute atomic E-state index is 5.44. The van der Waals surface area contributed by atoms with Gasteiger partial charge in [-0.1, -0.05) is 13.8 Å². The van der Waals surface area contributed by atoms with Gasteiger partial charge in [-0.15, -0.1) is 24.0 Å². The largest absolute Gasteiger partial charge is 0.497 e. The van der Waals surface area contributed by atoms with Crippen LogP contribution < -0.4 is 20.1 Å². The van der Waals surface area contributed by atoms with Gasteiger partial charge in [0, 0.05) is 24.7 Å². The number of nitrogens with zero attached hydrogens (tertiary/aromatic N) is 2. The molecule has 1 rings (SSSR count). The number of methoxy groups -OCH3 is 2. The standard InChI is InChI=1S/C20H36N4O2.HI/c1-6-21-20(22-13-9-10-14-24(7-2)8-3)23-16-17-11-12-18(25-4)15-19(17)26-5;/h11-12,15H,6-10,13-14,16H2,1-5H3,(H2,21,22,23);1H. The Kier molecular flexibility index (Phi) is 15.1. The normalized spacial score (nSPS) is 11.1. The molecule has 0 fully saturated rings. The van der Waals surface area contributed by atoms with E-state index in [0.29, 0.717) is 6.54 Å². The summed E-state index contributed by atoms with van der Waals surface area (Å²) in [6, 6.07) is 5.81. The molecule has 0 unspecified atom stereocenters. The molecule has 1 aromatic carbocycles. The van der Waals surface area contributed by atoms with Crippen molar-refractivity contribution in [1.82, 2.24) is 15.5 Å². The van der Waals surface area contributed by atoms with Crippen molar-refractivity contribution in [2.45, 2.75) is 40.2 Å². The number of hydrogen-bond acceptors (Lipinski definition) is 4. The Bertz CT molecular complexity index is 537. The number of unbranched alkanes of at least 4 members (excludes halogenated alkanes) is 1. The maximum Gasteiger partial charge on any atom is 0.191 e. The lowest BCUT2D eigenvalue weighted by atomic mass is 10.2. The van der Waals surface area contributed by atoms with Gasteiger partial charge in [-0.05, 0) is 51.5 Å². The average molecular weight is 492 g/mol. The highest BCUT2D eigenvalue weighted by atomic mass is 127. The Morgan fingerprint density at radius 3 is 2.37 bits per heavy atom. The van der Waals surface area contributed by atoms with Crippen molar-refractivity contribution in [2.24, 2.45) is 4.99 Å². The van der Waals surface area contributed by atoms with Crippen molar-refractivity contribution < 1.29 is 9.47 Å². The van der Waals surface area contributed by atoms with Crippen molar-refractivity contribution in [3.63, 3.8) is 0 Å². The highest BCUT2D eigenvalue weighted by molar-refractivity contribution is 14.0. The Balaban J connectivity index is 0.00000676. The molecule has 0 radical (unpaired) electrons. The van der Waals surface area contributed by atoms with E-state index in [1.54, 1.807) is 14.2 Å². The van der Waals surface area contributed by atoms with Gasteiger partial charge in [0.2, 0.25) is 0 Å². The van der Waals surface area contributed by atoms with Crippen LogP contribution >= 0.6 is 24.0 Å². The second-order valence-electron chi connectivity index (χ2n) is 6.03. The quantitative estimate of drug-likeness (QED) is 0.203. The van der Waals surface area contributed by atoms with E-state index in [1.807, 2.05) is 18.2 Å². The first-order valence-corrected chi connectivity index (χ1v) is 9.63. The minimum absolute atomic E-state index is 0. The molecule has 0 aliphatic heterocycles. The minimum Gasteiger partial charge on any atom is -0.497 e. The van der Waals surface area contributed by atoms with E-state index in [2.05, 4.69) is 41.3 Å². The van der Waals surface area contributed by atoms with Crippen LogP contribution in [0.1, 0.15) is 39.2 Å². The number of nitrogens with one attached hydrogen (secondary N) is 2. The molecule has 1 aromatic rings. The van der Waals surface area contributed by atoms with E-state index in [4.69, 9.17) is 9.47 Å². The molecular formula is C20H37IN4O2. The molecule has 0 saturated carbocycles. The van der Waals surface area contributed by atoms with Gasteiger partial charge in [0.25, 0.3) is 0 Å². The molecule has 0 aromatic heterocycles. The number of halogens is 1. The van der Waals surface area contributed by atoms with E-state index in [-0.39, 0.29) is 24.0 Å². The monoisotopic (exact) mass is 492 g/mol. The zero-order chi connectivity index (χ0) is 19.2. The Morgan fingerprint density at radius 2 is 1.78 bits per heavy atom. The van der Waals surface area contributed by atoms with E-state index in [9.17, 15) is 0 Å². The van der Waals surface area contributed by atoms with Gasteiger partial charge in [0.15, 0.2) is 5.96 Å². The summed E-state index contributed by atoms with van der Waals surface area (Å²) in [4.78, 5) is 7.13. The highest BCUT2D eigenvalue weighted by Gasteiger charge is 2.05. The molecule has 7 heteroatoms. The fraction of sp³-hybridized carbons (Fsp3) is 0.650. The third-order valence-corrected chi connectivity index (χ3v) is 4.33. The molecule has 27 heavy (non-hydrogen) atoms. The summed E-state index contributed by atoms with van der Waals surface area (Å²) < 4.78 is 10.7. The summed E-state index contributed by atoms with van der Waals surface area (Å²) in [5, 5.41) is 6.71. The van der Waals surface area contributed by atoms with E-state index in [1.165, 1.54) is 6.42 Å². The third kappa shape index (κ3) is 10.0. The topological polar surface area (TPSA) is 58.1 Å². The van der Waals surface area contributed by atoms with Crippen LogP contribution in [0.3, 0.4) is 0 Å². The summed E-state index contributed by atoms with van der Waals surface area (Å²) in [7, 11) is 3.32. The molecule has 0 amide bonds. The molecule has 0 spiro atoms. The minimum atomic E-state index is 0. The van der Waals surface area contributed by atoms with Crippen LogP contribution in [0.5, 0.6) is 11.5 Å². The van der Waals surface area contributed by atoms with E-state index < -0.39 is 0 Å². The number of hydrogen-bond donors (Lipinski definition) is 2. The number of benzene rings is 1. The summed E-state index contributed by atoms with van der Waals surface area (Å²) in [6.45, 7) is 12.2. The predicted octanol–water partition coefficient (Wildman–Crippen LogP) is 3.50. The second-order valence-corrected chi connectivity index (χ2v) is 6.03. The average Bonchev–Trinajstić information content (AvgIpc) is 2.68. The number of aliphatic imine (C=N–C) groups is 1. The predicted molar refractivity (Wildman–Crippen MR) is 125 cm³/mol. The fourth-order valence-corrected chi connectivity index (χ4v) is 2.70. The van der Waals surface area contributed by atoms with Gasteiger partial charge < -0.3 is 25.0 Å². The van der Waals surface area contributed by atoms with Gasteiger partial charge in [0.05, 0.1) is 20.8 Å². The molecule has 0 heterocycles. The van der Waals surface area contributed by atoms with Crippen LogP contribution in [0, 0.1) is 0 Å². The summed E-state index contributed by atoms with van der Waals surface area (Å²) in [6.07, 6.45) is 2.33. The molecular weight excluding hydrogens is 455 g/mol. The molecule has 0 saturated heterocycles. The van der Waals surface area contributed by atoms with Gasteiger partial charge in [-0.3, -0.25) is 0 Å². The van der Waals surface area contributed by atoms with Crippen molar-refractivity contribution in [2.75, 3.05) is 46.9 Å². The maximum atomic E-state index is 5.44. The Labute approximate surface area is 182 Å². The number of guanidine groups is 1. The van der Waals surface area contributed by atoms with Gasteiger partial charge in [-0.25, -0.2) is 4.99 Å². The molecule has 0 aliphatic rings. The zero-order valence-corrected chi connectivity index (χ0v) is 19.8. The fourth-order valence-electron chi connectivity index (χ4n) is 2.70. The van der Waals surface area contributed by atoms with E-state index in [0.717, 1.165) is 62.2 Å². The lowest BCUT2D eigenvalue weighted by Gasteiger charge is -2.18. The summed E-state index contributed by atoms with van der Waals surface area (Å²) >= 11 is 0. The molecule has 0 aliphatic carbocycles. The summed E-state index contributed by atoms with van der Waals surface area (Å²) in [5.41, 5.74) is 1.03. The zero-order valence-electron chi connectivity index (χ0n) is 17.5. The number of ether oxygens (including phenoxy) is 2. The lowest BCUT2D eigenvalue weighted by Crippen LogP contribution is -2.38. The summed E-state index contributed by atoms with van der Waals surface area (Å²) in [5.74, 6) is 2.42. The van der Waals surface area contributed by atoms with Crippen LogP contribution in [0.2, 0.25) is 0 Å². The first-order valence-electron chi connectivity index (χ1n) is 9.63. The molecule has 0 atom stereocenters. The van der Waals surface area contributed by atoms with Crippen molar-refractivity contribution >= 4 is 29.9 Å². The van der Waals surface area contributed by atoms with Gasteiger partial charge in [0.1, 0.15) is 11.5 Å². The molecule has 156 valence electrons. The van der Waals surface area contributed by atoms with E-state index >= 15 is 0 Å². The third-order valence-electron chi connectivity index (χ3n) is 4.33. The van der Waals surface area contributed by atoms with Gasteiger partial charge >= 0.3 is 0 Å². The van der Waals surface area contributed by atoms with Crippen LogP contribution in [-0.4, -0.2) is 57.8 Å².